The van der Waals surface area contributed by atoms with Crippen LogP contribution in [0.5, 0.6) is 0 Å². The van der Waals surface area contributed by atoms with Crippen LogP contribution in [-0.2, 0) is 4.79 Å². The van der Waals surface area contributed by atoms with Crippen molar-refractivity contribution in [2.75, 3.05) is 27.2 Å². The number of nitrogens with one attached hydrogen (secondary N) is 1. The molecule has 0 spiro atoms. The molecule has 1 amide bonds. The van der Waals surface area contributed by atoms with Crippen molar-refractivity contribution < 1.29 is 6.22 Å². The summed E-state index contributed by atoms with van der Waals surface area (Å²) in [5, 5.41) is 2.69. The minimum atomic E-state index is 0. The molecule has 3 nitrogen and oxygen atoms in total. The van der Waals surface area contributed by atoms with Crippen molar-refractivity contribution in [2.24, 2.45) is 5.92 Å². The van der Waals surface area contributed by atoms with E-state index in [9.17, 15) is 4.79 Å². The SMILES string of the molecule is CNC(=O)C1CCN(C)CC1.[HH]. The molecule has 1 aliphatic rings. The molecular weight excluding hydrogens is 140 g/mol. The highest BCUT2D eigenvalue weighted by molar-refractivity contribution is 5.78. The Balaban J connectivity index is 0.00000121. The van der Waals surface area contributed by atoms with Crippen molar-refractivity contribution >= 4 is 5.91 Å². The molecule has 0 saturated carbocycles. The fourth-order valence-corrected chi connectivity index (χ4v) is 1.47. The molecule has 0 aromatic rings. The average Bonchev–Trinajstić information content (AvgIpc) is 2.05. The summed E-state index contributed by atoms with van der Waals surface area (Å²) in [6.45, 7) is 2.11. The first-order valence-electron chi connectivity index (χ1n) is 4.14. The fraction of sp³-hybridized carbons (Fsp3) is 0.875. The summed E-state index contributed by atoms with van der Waals surface area (Å²) in [4.78, 5) is 13.4. The molecule has 1 saturated heterocycles. The zero-order valence-corrected chi connectivity index (χ0v) is 7.26. The second-order valence-electron chi connectivity index (χ2n) is 3.19. The van der Waals surface area contributed by atoms with Gasteiger partial charge < -0.3 is 10.2 Å². The number of rotatable bonds is 1. The van der Waals surface area contributed by atoms with Gasteiger partial charge in [-0.3, -0.25) is 4.79 Å². The molecule has 0 atom stereocenters. The van der Waals surface area contributed by atoms with E-state index < -0.39 is 0 Å². The number of piperidine rings is 1. The van der Waals surface area contributed by atoms with Gasteiger partial charge in [-0.2, -0.15) is 0 Å². The van der Waals surface area contributed by atoms with E-state index in [1.165, 1.54) is 0 Å². The Kier molecular flexibility index (Phi) is 2.88. The maximum Gasteiger partial charge on any atom is 0.222 e. The Morgan fingerprint density at radius 2 is 2.09 bits per heavy atom. The molecule has 0 radical (unpaired) electrons. The average molecular weight is 158 g/mol. The minimum absolute atomic E-state index is 0. The smallest absolute Gasteiger partial charge is 0.222 e. The van der Waals surface area contributed by atoms with E-state index in [0.717, 1.165) is 25.9 Å². The molecule has 0 aliphatic carbocycles. The molecule has 0 aromatic carbocycles. The second kappa shape index (κ2) is 3.72. The summed E-state index contributed by atoms with van der Waals surface area (Å²) in [5.41, 5.74) is 0. The number of amides is 1. The zero-order valence-electron chi connectivity index (χ0n) is 7.26. The van der Waals surface area contributed by atoms with E-state index in [1.807, 2.05) is 0 Å². The summed E-state index contributed by atoms with van der Waals surface area (Å²) >= 11 is 0. The lowest BCUT2D eigenvalue weighted by Crippen LogP contribution is -2.37. The molecule has 1 aliphatic heterocycles. The van der Waals surface area contributed by atoms with Gasteiger partial charge in [-0.15, -0.1) is 0 Å². The third kappa shape index (κ3) is 2.19. The number of hydrogen-bond acceptors (Lipinski definition) is 2. The maximum absolute atomic E-state index is 11.1. The molecule has 0 unspecified atom stereocenters. The number of nitrogens with zero attached hydrogens (tertiary/aromatic N) is 1. The highest BCUT2D eigenvalue weighted by Crippen LogP contribution is 2.15. The van der Waals surface area contributed by atoms with Crippen LogP contribution in [0.25, 0.3) is 0 Å². The van der Waals surface area contributed by atoms with Gasteiger partial charge in [0.25, 0.3) is 0 Å². The zero-order chi connectivity index (χ0) is 8.27. The van der Waals surface area contributed by atoms with Crippen LogP contribution in [0, 0.1) is 5.92 Å². The van der Waals surface area contributed by atoms with Crippen molar-refractivity contribution in [3.05, 3.63) is 0 Å². The Labute approximate surface area is 69.2 Å². The van der Waals surface area contributed by atoms with Crippen LogP contribution in [0.3, 0.4) is 0 Å². The van der Waals surface area contributed by atoms with Gasteiger partial charge in [-0.1, -0.05) is 0 Å². The Hall–Kier alpha value is -0.570. The number of likely N-dealkylation sites (tertiary alicyclic amines) is 1. The standard InChI is InChI=1S/C8H16N2O.H2/c1-9-8(11)7-3-5-10(2)6-4-7;/h7H,3-6H2,1-2H3,(H,9,11);1H. The van der Waals surface area contributed by atoms with E-state index in [0.29, 0.717) is 0 Å². The molecule has 1 heterocycles. The Morgan fingerprint density at radius 3 is 2.55 bits per heavy atom. The molecule has 11 heavy (non-hydrogen) atoms. The van der Waals surface area contributed by atoms with Gasteiger partial charge in [0.2, 0.25) is 5.91 Å². The Bertz CT molecular complexity index is 144. The predicted octanol–water partition coefficient (Wildman–Crippen LogP) is 0.320. The minimum Gasteiger partial charge on any atom is -0.359 e. The quantitative estimate of drug-likeness (QED) is 0.596. The Morgan fingerprint density at radius 1 is 1.55 bits per heavy atom. The van der Waals surface area contributed by atoms with Crippen LogP contribution in [0.15, 0.2) is 0 Å². The fourth-order valence-electron chi connectivity index (χ4n) is 1.47. The van der Waals surface area contributed by atoms with Gasteiger partial charge in [0.05, 0.1) is 0 Å². The summed E-state index contributed by atoms with van der Waals surface area (Å²) in [6, 6.07) is 0. The molecule has 0 aromatic heterocycles. The van der Waals surface area contributed by atoms with Gasteiger partial charge in [0.15, 0.2) is 0 Å². The summed E-state index contributed by atoms with van der Waals surface area (Å²) in [7, 11) is 3.81. The van der Waals surface area contributed by atoms with Crippen LogP contribution in [0.1, 0.15) is 14.3 Å². The highest BCUT2D eigenvalue weighted by atomic mass is 16.1. The lowest BCUT2D eigenvalue weighted by atomic mass is 9.96. The first-order chi connectivity index (χ1) is 5.24. The molecule has 1 rings (SSSR count). The predicted molar refractivity (Wildman–Crippen MR) is 46.4 cm³/mol. The third-order valence-electron chi connectivity index (χ3n) is 2.34. The maximum atomic E-state index is 11.1. The van der Waals surface area contributed by atoms with E-state index in [2.05, 4.69) is 17.3 Å². The van der Waals surface area contributed by atoms with Gasteiger partial charge in [-0.05, 0) is 33.0 Å². The van der Waals surface area contributed by atoms with Gasteiger partial charge in [0.1, 0.15) is 0 Å². The van der Waals surface area contributed by atoms with Gasteiger partial charge >= 0.3 is 0 Å². The number of hydrogen-bond donors (Lipinski definition) is 1. The van der Waals surface area contributed by atoms with Crippen LogP contribution in [0.2, 0.25) is 0 Å². The van der Waals surface area contributed by atoms with Crippen LogP contribution < -0.4 is 5.32 Å². The monoisotopic (exact) mass is 158 g/mol. The highest BCUT2D eigenvalue weighted by Gasteiger charge is 2.21. The molecule has 1 N–H and O–H groups in total. The first-order valence-corrected chi connectivity index (χ1v) is 4.14. The van der Waals surface area contributed by atoms with E-state index in [-0.39, 0.29) is 13.3 Å². The normalized spacial score (nSPS) is 21.6. The van der Waals surface area contributed by atoms with E-state index in [1.54, 1.807) is 7.05 Å². The summed E-state index contributed by atoms with van der Waals surface area (Å²) in [6.07, 6.45) is 2.02. The van der Waals surface area contributed by atoms with Crippen molar-refractivity contribution in [2.45, 2.75) is 12.8 Å². The molecule has 1 fully saturated rings. The lowest BCUT2D eigenvalue weighted by molar-refractivity contribution is -0.125. The summed E-state index contributed by atoms with van der Waals surface area (Å²) in [5.74, 6) is 0.467. The largest absolute Gasteiger partial charge is 0.359 e. The lowest BCUT2D eigenvalue weighted by Gasteiger charge is -2.27. The molecular formula is C8H18N2O. The molecule has 3 heteroatoms. The van der Waals surface area contributed by atoms with Crippen molar-refractivity contribution in [1.82, 2.24) is 10.2 Å². The van der Waals surface area contributed by atoms with Crippen molar-refractivity contribution in [1.29, 1.82) is 0 Å². The van der Waals surface area contributed by atoms with Crippen LogP contribution in [-0.4, -0.2) is 38.0 Å². The van der Waals surface area contributed by atoms with Crippen LogP contribution in [0.4, 0.5) is 0 Å². The molecule has 66 valence electrons. The second-order valence-corrected chi connectivity index (χ2v) is 3.19. The van der Waals surface area contributed by atoms with E-state index >= 15 is 0 Å². The third-order valence-corrected chi connectivity index (χ3v) is 2.34. The molecule has 0 bridgehead atoms. The first kappa shape index (κ1) is 8.53. The number of carbonyl (C=O) groups excluding carboxylic acids is 1. The topological polar surface area (TPSA) is 32.3 Å². The van der Waals surface area contributed by atoms with Crippen LogP contribution >= 0.6 is 0 Å². The number of carbonyl (C=O) groups is 1. The summed E-state index contributed by atoms with van der Waals surface area (Å²) < 4.78 is 0. The van der Waals surface area contributed by atoms with E-state index in [4.69, 9.17) is 0 Å². The van der Waals surface area contributed by atoms with Crippen molar-refractivity contribution in [3.8, 4) is 0 Å². The van der Waals surface area contributed by atoms with Gasteiger partial charge in [0, 0.05) is 14.4 Å². The van der Waals surface area contributed by atoms with Gasteiger partial charge in [-0.25, -0.2) is 0 Å². The van der Waals surface area contributed by atoms with Crippen molar-refractivity contribution in [3.63, 3.8) is 0 Å².